The summed E-state index contributed by atoms with van der Waals surface area (Å²) in [5.74, 6) is 2.90. The second-order valence-corrected chi connectivity index (χ2v) is 8.21. The maximum Gasteiger partial charge on any atom is 0.303 e. The van der Waals surface area contributed by atoms with Gasteiger partial charge in [-0.05, 0) is 71.9 Å². The molecule has 0 saturated carbocycles. The molecule has 0 amide bonds. The van der Waals surface area contributed by atoms with Gasteiger partial charge >= 0.3 is 5.87 Å². The Kier molecular flexibility index (Phi) is 10.8. The van der Waals surface area contributed by atoms with E-state index < -0.39 is 0 Å². The van der Waals surface area contributed by atoms with Crippen molar-refractivity contribution in [2.75, 3.05) is 0 Å². The van der Waals surface area contributed by atoms with Crippen molar-refractivity contribution in [3.63, 3.8) is 0 Å². The lowest BCUT2D eigenvalue weighted by molar-refractivity contribution is 0.00740. The van der Waals surface area contributed by atoms with Crippen molar-refractivity contribution in [1.82, 2.24) is 0 Å². The van der Waals surface area contributed by atoms with E-state index >= 15 is 0 Å². The first-order valence-electron chi connectivity index (χ1n) is 12.1. The summed E-state index contributed by atoms with van der Waals surface area (Å²) in [6.45, 7) is 8.81. The Balaban J connectivity index is 2.63. The minimum Gasteiger partial charge on any atom is -0.348 e. The van der Waals surface area contributed by atoms with Gasteiger partial charge in [-0.1, -0.05) is 95.5 Å². The van der Waals surface area contributed by atoms with E-state index in [4.69, 9.17) is 0 Å². The Bertz CT molecular complexity index is 937. The second kappa shape index (κ2) is 13.6. The van der Waals surface area contributed by atoms with Crippen LogP contribution < -0.4 is 0 Å². The van der Waals surface area contributed by atoms with Crippen molar-refractivity contribution in [3.8, 4) is 0 Å². The maximum absolute atomic E-state index is 9.30. The molecule has 0 bridgehead atoms. The molecule has 0 aliphatic heterocycles. The summed E-state index contributed by atoms with van der Waals surface area (Å²) in [6.07, 6.45) is 9.81. The van der Waals surface area contributed by atoms with E-state index in [9.17, 15) is 5.53 Å². The quantitative estimate of drug-likeness (QED) is 0.110. The Morgan fingerprint density at radius 3 is 2.19 bits per heavy atom. The zero-order valence-electron chi connectivity index (χ0n) is 19.9. The summed E-state index contributed by atoms with van der Waals surface area (Å²) in [6, 6.07) is 17.9. The molecule has 164 valence electrons. The fraction of sp³-hybridized carbons (Fsp3) is 0.448. The summed E-state index contributed by atoms with van der Waals surface area (Å²) in [7, 11) is 0. The SMILES string of the molecule is CCCCCc1ccc(C(=C(CC)C(=C=[N+]=[N-])CCCC)c2cccc(CC)c2)cc1. The number of allylic oxidation sites excluding steroid dienone is 2. The number of nitrogens with zero attached hydrogens (tertiary/aromatic N) is 2. The minimum absolute atomic E-state index is 0.867. The molecule has 0 atom stereocenters. The molecule has 31 heavy (non-hydrogen) atoms. The molecule has 2 aromatic rings. The highest BCUT2D eigenvalue weighted by molar-refractivity contribution is 5.87. The van der Waals surface area contributed by atoms with Gasteiger partial charge in [0.05, 0.1) is 5.57 Å². The van der Waals surface area contributed by atoms with Gasteiger partial charge in [0.15, 0.2) is 0 Å². The summed E-state index contributed by atoms with van der Waals surface area (Å²) >= 11 is 0. The first kappa shape index (κ1) is 24.6. The van der Waals surface area contributed by atoms with Crippen LogP contribution in [0.1, 0.15) is 94.9 Å². The van der Waals surface area contributed by atoms with Crippen LogP contribution in [-0.4, -0.2) is 10.7 Å². The molecule has 2 heteroatoms. The molecule has 0 fully saturated rings. The van der Waals surface area contributed by atoms with E-state index in [1.165, 1.54) is 52.7 Å². The van der Waals surface area contributed by atoms with Gasteiger partial charge in [-0.2, -0.15) is 0 Å². The molecule has 0 radical (unpaired) electrons. The lowest BCUT2D eigenvalue weighted by Gasteiger charge is -2.17. The van der Waals surface area contributed by atoms with Gasteiger partial charge in [-0.3, -0.25) is 0 Å². The smallest absolute Gasteiger partial charge is 0.303 e. The zero-order chi connectivity index (χ0) is 22.5. The Morgan fingerprint density at radius 2 is 1.58 bits per heavy atom. The Labute approximate surface area is 189 Å². The van der Waals surface area contributed by atoms with Crippen LogP contribution in [0.25, 0.3) is 11.1 Å². The summed E-state index contributed by atoms with van der Waals surface area (Å²) in [5, 5.41) is 0. The van der Waals surface area contributed by atoms with Crippen LogP contribution in [0.5, 0.6) is 0 Å². The predicted molar refractivity (Wildman–Crippen MR) is 133 cm³/mol. The van der Waals surface area contributed by atoms with E-state index in [-0.39, 0.29) is 0 Å². The van der Waals surface area contributed by atoms with Crippen molar-refractivity contribution >= 4 is 11.4 Å². The summed E-state index contributed by atoms with van der Waals surface area (Å²) in [4.78, 5) is 3.30. The van der Waals surface area contributed by atoms with Gasteiger partial charge in [-0.15, -0.1) is 4.79 Å². The third-order valence-electron chi connectivity index (χ3n) is 5.92. The standard InChI is InChI=1S/C29H38N2/c1-5-9-11-13-24-17-19-25(20-18-24)29(26-16-12-14-23(7-3)21-26)28(8-4)27(22-31-30)15-10-6-2/h12,14,16-21H,5-11,13,15H2,1-4H3. The van der Waals surface area contributed by atoms with Crippen LogP contribution in [-0.2, 0) is 12.8 Å². The number of hydrogen-bond acceptors (Lipinski definition) is 0. The third kappa shape index (κ3) is 7.21. The molecule has 2 nitrogen and oxygen atoms in total. The number of aryl methyl sites for hydroxylation is 2. The minimum atomic E-state index is 0.867. The number of unbranched alkanes of at least 4 members (excludes halogenated alkanes) is 3. The molecule has 0 spiro atoms. The Hall–Kier alpha value is -2.66. The summed E-state index contributed by atoms with van der Waals surface area (Å²) < 4.78 is 0. The van der Waals surface area contributed by atoms with Gasteiger partial charge in [0.2, 0.25) is 0 Å². The molecule has 0 N–H and O–H groups in total. The fourth-order valence-electron chi connectivity index (χ4n) is 4.11. The van der Waals surface area contributed by atoms with E-state index in [2.05, 4.69) is 86.9 Å². The van der Waals surface area contributed by atoms with Crippen molar-refractivity contribution in [2.45, 2.75) is 85.5 Å². The molecule has 2 rings (SSSR count). The first-order chi connectivity index (χ1) is 15.2. The second-order valence-electron chi connectivity index (χ2n) is 8.21. The Morgan fingerprint density at radius 1 is 0.839 bits per heavy atom. The van der Waals surface area contributed by atoms with Crippen molar-refractivity contribution in [2.24, 2.45) is 0 Å². The van der Waals surface area contributed by atoms with E-state index in [1.807, 2.05) is 0 Å². The van der Waals surface area contributed by atoms with Crippen LogP contribution in [0.15, 0.2) is 59.7 Å². The number of hydrogen-bond donors (Lipinski definition) is 0. The maximum atomic E-state index is 9.30. The lowest BCUT2D eigenvalue weighted by atomic mass is 9.86. The fourth-order valence-corrected chi connectivity index (χ4v) is 4.11. The third-order valence-corrected chi connectivity index (χ3v) is 5.92. The highest BCUT2D eigenvalue weighted by atomic mass is 14.8. The lowest BCUT2D eigenvalue weighted by Crippen LogP contribution is -2.00. The highest BCUT2D eigenvalue weighted by Gasteiger charge is 2.17. The molecule has 0 saturated heterocycles. The number of benzene rings is 2. The average Bonchev–Trinajstić information content (AvgIpc) is 2.81. The zero-order valence-corrected chi connectivity index (χ0v) is 19.9. The van der Waals surface area contributed by atoms with Gasteiger partial charge in [0.25, 0.3) is 0 Å². The molecule has 0 aliphatic carbocycles. The molecule has 0 aromatic heterocycles. The molecular formula is C29H38N2. The van der Waals surface area contributed by atoms with Crippen molar-refractivity contribution in [3.05, 3.63) is 87.5 Å². The van der Waals surface area contributed by atoms with Gasteiger partial charge in [0.1, 0.15) is 0 Å². The molecule has 0 aliphatic rings. The van der Waals surface area contributed by atoms with Crippen LogP contribution in [0, 0.1) is 0 Å². The van der Waals surface area contributed by atoms with Gasteiger partial charge in [0, 0.05) is 0 Å². The highest BCUT2D eigenvalue weighted by Crippen LogP contribution is 2.34. The monoisotopic (exact) mass is 414 g/mol. The van der Waals surface area contributed by atoms with E-state index in [0.29, 0.717) is 0 Å². The van der Waals surface area contributed by atoms with E-state index in [1.54, 1.807) is 0 Å². The van der Waals surface area contributed by atoms with Crippen LogP contribution in [0.3, 0.4) is 0 Å². The number of rotatable bonds is 12. The van der Waals surface area contributed by atoms with Gasteiger partial charge < -0.3 is 5.53 Å². The van der Waals surface area contributed by atoms with Crippen molar-refractivity contribution < 1.29 is 4.79 Å². The topological polar surface area (TPSA) is 36.4 Å². The molecule has 2 aromatic carbocycles. The van der Waals surface area contributed by atoms with Crippen molar-refractivity contribution in [1.29, 1.82) is 0 Å². The van der Waals surface area contributed by atoms with E-state index in [0.717, 1.165) is 44.1 Å². The largest absolute Gasteiger partial charge is 0.348 e. The van der Waals surface area contributed by atoms with Gasteiger partial charge in [-0.25, -0.2) is 0 Å². The summed E-state index contributed by atoms with van der Waals surface area (Å²) in [5.41, 5.74) is 17.9. The predicted octanol–water partition coefficient (Wildman–Crippen LogP) is 8.21. The van der Waals surface area contributed by atoms with Crippen LogP contribution in [0.2, 0.25) is 0 Å². The van der Waals surface area contributed by atoms with Crippen LogP contribution >= 0.6 is 0 Å². The normalized spacial score (nSPS) is 11.5. The first-order valence-corrected chi connectivity index (χ1v) is 12.1. The molecule has 0 heterocycles. The molecular weight excluding hydrogens is 376 g/mol. The average molecular weight is 415 g/mol. The van der Waals surface area contributed by atoms with Crippen LogP contribution in [0.4, 0.5) is 0 Å². The molecule has 0 unspecified atom stereocenters.